The Morgan fingerprint density at radius 3 is 2.84 bits per heavy atom. The van der Waals surface area contributed by atoms with E-state index in [1.54, 1.807) is 6.07 Å². The molecule has 0 bridgehead atoms. The average Bonchev–Trinajstić information content (AvgIpc) is 3.51. The van der Waals surface area contributed by atoms with Gasteiger partial charge in [0.2, 0.25) is 0 Å². The minimum atomic E-state index is -0.290. The molecule has 1 aromatic carbocycles. The normalized spacial score (nSPS) is 19.7. The third-order valence-corrected chi connectivity index (χ3v) is 6.45. The van der Waals surface area contributed by atoms with Gasteiger partial charge in [0.1, 0.15) is 17.0 Å². The molecule has 8 heteroatoms. The quantitative estimate of drug-likeness (QED) is 0.503. The molecular formula is C23H24FN5O2. The van der Waals surface area contributed by atoms with Crippen molar-refractivity contribution in [2.45, 2.75) is 12.3 Å². The van der Waals surface area contributed by atoms with E-state index in [0.717, 1.165) is 60.4 Å². The van der Waals surface area contributed by atoms with Crippen LogP contribution in [-0.2, 0) is 11.8 Å². The van der Waals surface area contributed by atoms with Crippen LogP contribution < -0.4 is 9.80 Å². The lowest BCUT2D eigenvalue weighted by atomic mass is 9.99. The summed E-state index contributed by atoms with van der Waals surface area (Å²) in [7, 11) is 1.97. The van der Waals surface area contributed by atoms with Gasteiger partial charge in [0.25, 0.3) is 6.01 Å². The van der Waals surface area contributed by atoms with E-state index in [0.29, 0.717) is 25.1 Å². The summed E-state index contributed by atoms with van der Waals surface area (Å²) in [4.78, 5) is 13.4. The van der Waals surface area contributed by atoms with Gasteiger partial charge in [-0.05, 0) is 30.2 Å². The Hall–Kier alpha value is -3.13. The molecule has 0 aliphatic carbocycles. The van der Waals surface area contributed by atoms with Crippen LogP contribution in [0.25, 0.3) is 22.1 Å². The van der Waals surface area contributed by atoms with E-state index in [-0.39, 0.29) is 5.82 Å². The van der Waals surface area contributed by atoms with Crippen molar-refractivity contribution in [3.8, 4) is 0 Å². The van der Waals surface area contributed by atoms with E-state index in [2.05, 4.69) is 38.1 Å². The van der Waals surface area contributed by atoms with Crippen LogP contribution in [0.2, 0.25) is 0 Å². The molecule has 2 aliphatic rings. The number of rotatable bonds is 3. The van der Waals surface area contributed by atoms with Crippen LogP contribution in [-0.4, -0.2) is 53.9 Å². The summed E-state index contributed by atoms with van der Waals surface area (Å²) in [6, 6.07) is 8.50. The molecule has 4 aromatic rings. The van der Waals surface area contributed by atoms with Crippen LogP contribution in [0.4, 0.5) is 16.1 Å². The van der Waals surface area contributed by atoms with Crippen LogP contribution in [0.5, 0.6) is 0 Å². The molecule has 0 amide bonds. The summed E-state index contributed by atoms with van der Waals surface area (Å²) in [5, 5.41) is 0.912. The lowest BCUT2D eigenvalue weighted by molar-refractivity contribution is 0.120. The standard InChI is InChI=1S/C23H24FN5O2/c1-27-14-19(18-10-16(24)12-25-22(18)27)15-4-5-29(13-15)17-2-3-20-21(11-17)31-23(26-20)28-6-8-30-9-7-28/h2-3,10-12,14-15H,4-9,13H2,1H3. The number of ether oxygens (including phenoxy) is 1. The number of anilines is 2. The van der Waals surface area contributed by atoms with Crippen molar-refractivity contribution in [3.05, 3.63) is 48.0 Å². The molecule has 1 atom stereocenters. The average molecular weight is 421 g/mol. The first-order chi connectivity index (χ1) is 15.2. The number of aryl methyl sites for hydroxylation is 1. The van der Waals surface area contributed by atoms with E-state index in [9.17, 15) is 4.39 Å². The number of morpholine rings is 1. The highest BCUT2D eigenvalue weighted by molar-refractivity contribution is 5.82. The maximum absolute atomic E-state index is 13.8. The van der Waals surface area contributed by atoms with E-state index in [1.807, 2.05) is 17.7 Å². The first kappa shape index (κ1) is 18.6. The van der Waals surface area contributed by atoms with Crippen LogP contribution in [0.3, 0.4) is 0 Å². The Morgan fingerprint density at radius 2 is 1.97 bits per heavy atom. The molecule has 2 fully saturated rings. The number of halogens is 1. The second-order valence-corrected chi connectivity index (χ2v) is 8.40. The molecule has 1 unspecified atom stereocenters. The summed E-state index contributed by atoms with van der Waals surface area (Å²) in [5.41, 5.74) is 4.80. The fourth-order valence-electron chi connectivity index (χ4n) is 4.83. The second kappa shape index (κ2) is 7.23. The highest BCUT2D eigenvalue weighted by Crippen LogP contribution is 2.36. The van der Waals surface area contributed by atoms with Gasteiger partial charge >= 0.3 is 0 Å². The first-order valence-electron chi connectivity index (χ1n) is 10.7. The van der Waals surface area contributed by atoms with Crippen molar-refractivity contribution >= 4 is 33.8 Å². The van der Waals surface area contributed by atoms with Crippen molar-refractivity contribution < 1.29 is 13.5 Å². The molecule has 0 saturated carbocycles. The van der Waals surface area contributed by atoms with Crippen molar-refractivity contribution in [3.63, 3.8) is 0 Å². The largest absolute Gasteiger partial charge is 0.423 e. The zero-order valence-electron chi connectivity index (χ0n) is 17.4. The summed E-state index contributed by atoms with van der Waals surface area (Å²) < 4.78 is 27.3. The maximum atomic E-state index is 13.8. The molecule has 2 saturated heterocycles. The first-order valence-corrected chi connectivity index (χ1v) is 10.7. The summed E-state index contributed by atoms with van der Waals surface area (Å²) in [6.07, 6.45) is 4.40. The smallest absolute Gasteiger partial charge is 0.298 e. The fraction of sp³-hybridized carbons (Fsp3) is 0.391. The Bertz CT molecular complexity index is 1260. The third-order valence-electron chi connectivity index (χ3n) is 6.45. The lowest BCUT2D eigenvalue weighted by Crippen LogP contribution is -2.36. The molecule has 0 spiro atoms. The van der Waals surface area contributed by atoms with Gasteiger partial charge in [-0.3, -0.25) is 0 Å². The molecule has 6 rings (SSSR count). The zero-order chi connectivity index (χ0) is 20.9. The zero-order valence-corrected chi connectivity index (χ0v) is 17.4. The second-order valence-electron chi connectivity index (χ2n) is 8.40. The van der Waals surface area contributed by atoms with Crippen LogP contribution in [0.1, 0.15) is 17.9 Å². The molecule has 2 aliphatic heterocycles. The molecular weight excluding hydrogens is 397 g/mol. The van der Waals surface area contributed by atoms with Gasteiger partial charge in [0.15, 0.2) is 5.58 Å². The van der Waals surface area contributed by atoms with Gasteiger partial charge in [-0.25, -0.2) is 9.37 Å². The number of hydrogen-bond acceptors (Lipinski definition) is 6. The number of aromatic nitrogens is 3. The van der Waals surface area contributed by atoms with E-state index in [4.69, 9.17) is 9.15 Å². The van der Waals surface area contributed by atoms with Gasteiger partial charge in [-0.1, -0.05) is 0 Å². The molecule has 3 aromatic heterocycles. The van der Waals surface area contributed by atoms with E-state index in [1.165, 1.54) is 11.8 Å². The van der Waals surface area contributed by atoms with Crippen molar-refractivity contribution in [1.29, 1.82) is 0 Å². The van der Waals surface area contributed by atoms with Gasteiger partial charge in [-0.15, -0.1) is 0 Å². The Morgan fingerprint density at radius 1 is 1.10 bits per heavy atom. The predicted octanol–water partition coefficient (Wildman–Crippen LogP) is 3.68. The summed E-state index contributed by atoms with van der Waals surface area (Å²) in [6.45, 7) is 4.83. The highest BCUT2D eigenvalue weighted by atomic mass is 19.1. The number of hydrogen-bond donors (Lipinski definition) is 0. The monoisotopic (exact) mass is 421 g/mol. The van der Waals surface area contributed by atoms with Gasteiger partial charge in [0, 0.05) is 62.5 Å². The van der Waals surface area contributed by atoms with Gasteiger partial charge in [-0.2, -0.15) is 4.98 Å². The van der Waals surface area contributed by atoms with Crippen LogP contribution in [0, 0.1) is 5.82 Å². The maximum Gasteiger partial charge on any atom is 0.298 e. The Kier molecular flexibility index (Phi) is 4.34. The molecule has 0 N–H and O–H groups in total. The summed E-state index contributed by atoms with van der Waals surface area (Å²) in [5.74, 6) is 0.0447. The number of nitrogens with zero attached hydrogens (tertiary/aromatic N) is 5. The van der Waals surface area contributed by atoms with Crippen molar-refractivity contribution in [2.75, 3.05) is 49.2 Å². The summed E-state index contributed by atoms with van der Waals surface area (Å²) >= 11 is 0. The van der Waals surface area contributed by atoms with Crippen molar-refractivity contribution in [1.82, 2.24) is 14.5 Å². The van der Waals surface area contributed by atoms with Crippen LogP contribution >= 0.6 is 0 Å². The minimum Gasteiger partial charge on any atom is -0.423 e. The van der Waals surface area contributed by atoms with Gasteiger partial charge < -0.3 is 23.5 Å². The molecule has 5 heterocycles. The number of benzene rings is 1. The third kappa shape index (κ3) is 3.22. The van der Waals surface area contributed by atoms with E-state index < -0.39 is 0 Å². The van der Waals surface area contributed by atoms with Crippen LogP contribution in [0.15, 0.2) is 41.1 Å². The topological polar surface area (TPSA) is 59.6 Å². The van der Waals surface area contributed by atoms with Crippen molar-refractivity contribution in [2.24, 2.45) is 7.05 Å². The fourth-order valence-corrected chi connectivity index (χ4v) is 4.83. The molecule has 31 heavy (non-hydrogen) atoms. The lowest BCUT2D eigenvalue weighted by Gasteiger charge is -2.24. The number of pyridine rings is 1. The Balaban J connectivity index is 1.26. The Labute approximate surface area is 179 Å². The highest BCUT2D eigenvalue weighted by Gasteiger charge is 2.28. The molecule has 7 nitrogen and oxygen atoms in total. The molecule has 160 valence electrons. The SMILES string of the molecule is Cn1cc(C2CCN(c3ccc4nc(N5CCOCC5)oc4c3)C2)c2cc(F)cnc21. The molecule has 0 radical (unpaired) electrons. The number of oxazole rings is 1. The number of fused-ring (bicyclic) bond motifs is 2. The van der Waals surface area contributed by atoms with Gasteiger partial charge in [0.05, 0.1) is 19.4 Å². The minimum absolute atomic E-state index is 0.290. The van der Waals surface area contributed by atoms with E-state index >= 15 is 0 Å². The predicted molar refractivity (Wildman–Crippen MR) is 117 cm³/mol.